The van der Waals surface area contributed by atoms with Gasteiger partial charge in [0.15, 0.2) is 0 Å². The first kappa shape index (κ1) is 17.0. The Bertz CT molecular complexity index is 775. The summed E-state index contributed by atoms with van der Waals surface area (Å²) >= 11 is 1.50. The van der Waals surface area contributed by atoms with Crippen LogP contribution in [-0.2, 0) is 16.1 Å². The molecule has 2 aromatic rings. The molecular weight excluding hydrogens is 318 g/mol. The molecule has 1 atom stereocenters. The van der Waals surface area contributed by atoms with Crippen LogP contribution in [0.4, 0.5) is 0 Å². The molecule has 0 aliphatic carbocycles. The van der Waals surface area contributed by atoms with Crippen LogP contribution in [0.15, 0.2) is 35.4 Å². The van der Waals surface area contributed by atoms with Crippen LogP contribution in [0.5, 0.6) is 0 Å². The lowest BCUT2D eigenvalue weighted by Gasteiger charge is -2.14. The zero-order valence-electron chi connectivity index (χ0n) is 12.6. The van der Waals surface area contributed by atoms with E-state index in [4.69, 9.17) is 5.11 Å². The summed E-state index contributed by atoms with van der Waals surface area (Å²) in [7, 11) is 0. The van der Waals surface area contributed by atoms with Gasteiger partial charge in [0.1, 0.15) is 12.6 Å². The van der Waals surface area contributed by atoms with E-state index in [1.54, 1.807) is 24.3 Å². The van der Waals surface area contributed by atoms with Crippen molar-refractivity contribution < 1.29 is 14.7 Å². The highest BCUT2D eigenvalue weighted by Crippen LogP contribution is 2.05. The van der Waals surface area contributed by atoms with Crippen LogP contribution in [0, 0.1) is 0 Å². The SMILES string of the molecule is CSCCC(NC(=O)Cn1cnc2ccccc2c1=O)C(=O)O. The molecule has 2 rings (SSSR count). The Morgan fingerprint density at radius 2 is 2.13 bits per heavy atom. The highest BCUT2D eigenvalue weighted by atomic mass is 32.2. The number of carboxylic acid groups (broad SMARTS) is 1. The first-order valence-electron chi connectivity index (χ1n) is 6.98. The Balaban J connectivity index is 2.12. The van der Waals surface area contributed by atoms with Gasteiger partial charge in [-0.1, -0.05) is 12.1 Å². The van der Waals surface area contributed by atoms with Crippen molar-refractivity contribution in [2.24, 2.45) is 0 Å². The predicted molar refractivity (Wildman–Crippen MR) is 88.6 cm³/mol. The van der Waals surface area contributed by atoms with Gasteiger partial charge in [-0.05, 0) is 30.6 Å². The van der Waals surface area contributed by atoms with Crippen LogP contribution in [0.2, 0.25) is 0 Å². The smallest absolute Gasteiger partial charge is 0.326 e. The van der Waals surface area contributed by atoms with E-state index in [1.165, 1.54) is 22.7 Å². The second kappa shape index (κ2) is 7.77. The summed E-state index contributed by atoms with van der Waals surface area (Å²) in [6.45, 7) is -0.264. The van der Waals surface area contributed by atoms with Crippen LogP contribution in [0.1, 0.15) is 6.42 Å². The van der Waals surface area contributed by atoms with E-state index >= 15 is 0 Å². The molecule has 1 amide bonds. The van der Waals surface area contributed by atoms with Gasteiger partial charge in [-0.2, -0.15) is 11.8 Å². The van der Waals surface area contributed by atoms with E-state index in [-0.39, 0.29) is 12.1 Å². The fraction of sp³-hybridized carbons (Fsp3) is 0.333. The van der Waals surface area contributed by atoms with Gasteiger partial charge in [0.2, 0.25) is 5.91 Å². The van der Waals surface area contributed by atoms with Gasteiger partial charge in [-0.25, -0.2) is 9.78 Å². The monoisotopic (exact) mass is 335 g/mol. The van der Waals surface area contributed by atoms with Crippen molar-refractivity contribution in [2.75, 3.05) is 12.0 Å². The summed E-state index contributed by atoms with van der Waals surface area (Å²) in [5.41, 5.74) is 0.222. The quantitative estimate of drug-likeness (QED) is 0.773. The summed E-state index contributed by atoms with van der Waals surface area (Å²) in [4.78, 5) is 39.5. The van der Waals surface area contributed by atoms with E-state index in [1.807, 2.05) is 6.26 Å². The average molecular weight is 335 g/mol. The zero-order chi connectivity index (χ0) is 16.8. The zero-order valence-corrected chi connectivity index (χ0v) is 13.4. The van der Waals surface area contributed by atoms with Crippen molar-refractivity contribution in [1.82, 2.24) is 14.9 Å². The molecule has 0 aliphatic heterocycles. The molecule has 2 N–H and O–H groups in total. The molecule has 7 nitrogen and oxygen atoms in total. The molecule has 0 fully saturated rings. The number of nitrogens with zero attached hydrogens (tertiary/aromatic N) is 2. The second-order valence-corrected chi connectivity index (χ2v) is 5.92. The lowest BCUT2D eigenvalue weighted by Crippen LogP contribution is -2.43. The summed E-state index contributed by atoms with van der Waals surface area (Å²) < 4.78 is 1.17. The number of rotatable bonds is 7. The van der Waals surface area contributed by atoms with Crippen LogP contribution < -0.4 is 10.9 Å². The van der Waals surface area contributed by atoms with Gasteiger partial charge in [-0.3, -0.25) is 14.2 Å². The van der Waals surface area contributed by atoms with Gasteiger partial charge in [0.25, 0.3) is 5.56 Å². The summed E-state index contributed by atoms with van der Waals surface area (Å²) in [5, 5.41) is 12.0. The van der Waals surface area contributed by atoms with Gasteiger partial charge in [0.05, 0.1) is 17.2 Å². The number of benzene rings is 1. The van der Waals surface area contributed by atoms with Crippen molar-refractivity contribution in [3.05, 3.63) is 40.9 Å². The van der Waals surface area contributed by atoms with Crippen molar-refractivity contribution in [3.63, 3.8) is 0 Å². The number of hydrogen-bond donors (Lipinski definition) is 2. The maximum atomic E-state index is 12.3. The third-order valence-electron chi connectivity index (χ3n) is 3.29. The summed E-state index contributed by atoms with van der Waals surface area (Å²) in [5.74, 6) is -0.997. The molecule has 0 saturated carbocycles. The Labute approximate surface area is 136 Å². The maximum absolute atomic E-state index is 12.3. The Hall–Kier alpha value is -2.35. The molecule has 1 unspecified atom stereocenters. The average Bonchev–Trinajstić information content (AvgIpc) is 2.54. The largest absolute Gasteiger partial charge is 0.480 e. The molecule has 0 bridgehead atoms. The molecule has 122 valence electrons. The first-order valence-corrected chi connectivity index (χ1v) is 8.37. The minimum atomic E-state index is -1.09. The van der Waals surface area contributed by atoms with Gasteiger partial charge in [0, 0.05) is 0 Å². The van der Waals surface area contributed by atoms with Crippen LogP contribution in [0.25, 0.3) is 10.9 Å². The second-order valence-electron chi connectivity index (χ2n) is 4.93. The predicted octanol–water partition coefficient (Wildman–Crippen LogP) is 0.719. The summed E-state index contributed by atoms with van der Waals surface area (Å²) in [6.07, 6.45) is 3.48. The normalized spacial score (nSPS) is 12.0. The molecule has 0 spiro atoms. The fourth-order valence-electron chi connectivity index (χ4n) is 2.11. The molecule has 0 aliphatic rings. The minimum absolute atomic E-state index is 0.264. The Morgan fingerprint density at radius 1 is 1.39 bits per heavy atom. The molecule has 1 aromatic heterocycles. The van der Waals surface area contributed by atoms with Crippen LogP contribution >= 0.6 is 11.8 Å². The summed E-state index contributed by atoms with van der Waals surface area (Å²) in [6, 6.07) is 5.88. The molecule has 1 aromatic carbocycles. The minimum Gasteiger partial charge on any atom is -0.480 e. The van der Waals surface area contributed by atoms with E-state index in [0.29, 0.717) is 23.1 Å². The van der Waals surface area contributed by atoms with E-state index in [0.717, 1.165) is 0 Å². The number of carbonyl (C=O) groups is 2. The number of aliphatic carboxylic acids is 1. The first-order chi connectivity index (χ1) is 11.0. The number of fused-ring (bicyclic) bond motifs is 1. The van der Waals surface area contributed by atoms with Crippen molar-refractivity contribution in [2.45, 2.75) is 19.0 Å². The highest BCUT2D eigenvalue weighted by molar-refractivity contribution is 7.98. The number of aromatic nitrogens is 2. The van der Waals surface area contributed by atoms with Crippen LogP contribution in [0.3, 0.4) is 0 Å². The number of carbonyl (C=O) groups excluding carboxylic acids is 1. The highest BCUT2D eigenvalue weighted by Gasteiger charge is 2.19. The molecular formula is C15H17N3O4S. The van der Waals surface area contributed by atoms with E-state index < -0.39 is 17.9 Å². The molecule has 1 heterocycles. The molecule has 23 heavy (non-hydrogen) atoms. The number of carboxylic acids is 1. The van der Waals surface area contributed by atoms with Crippen molar-refractivity contribution >= 4 is 34.5 Å². The number of para-hydroxylation sites is 1. The Morgan fingerprint density at radius 3 is 2.83 bits per heavy atom. The number of thioether (sulfide) groups is 1. The topological polar surface area (TPSA) is 101 Å². The molecule has 0 radical (unpaired) electrons. The van der Waals surface area contributed by atoms with E-state index in [9.17, 15) is 14.4 Å². The molecule has 0 saturated heterocycles. The van der Waals surface area contributed by atoms with Crippen LogP contribution in [-0.4, -0.2) is 44.6 Å². The third-order valence-corrected chi connectivity index (χ3v) is 3.93. The lowest BCUT2D eigenvalue weighted by molar-refractivity contribution is -0.141. The maximum Gasteiger partial charge on any atom is 0.326 e. The lowest BCUT2D eigenvalue weighted by atomic mass is 10.2. The van der Waals surface area contributed by atoms with Gasteiger partial charge in [-0.15, -0.1) is 0 Å². The van der Waals surface area contributed by atoms with Gasteiger partial charge < -0.3 is 10.4 Å². The fourth-order valence-corrected chi connectivity index (χ4v) is 2.58. The third kappa shape index (κ3) is 4.32. The van der Waals surface area contributed by atoms with Crippen molar-refractivity contribution in [3.8, 4) is 0 Å². The number of hydrogen-bond acceptors (Lipinski definition) is 5. The number of amides is 1. The van der Waals surface area contributed by atoms with Crippen molar-refractivity contribution in [1.29, 1.82) is 0 Å². The Kier molecular flexibility index (Phi) is 5.75. The van der Waals surface area contributed by atoms with E-state index in [2.05, 4.69) is 10.3 Å². The molecule has 8 heteroatoms. The van der Waals surface area contributed by atoms with Gasteiger partial charge >= 0.3 is 5.97 Å². The number of nitrogens with one attached hydrogen (secondary N) is 1. The standard InChI is InChI=1S/C15H17N3O4S/c1-23-7-6-12(15(21)22)17-13(19)8-18-9-16-11-5-3-2-4-10(11)14(18)20/h2-5,9,12H,6-8H2,1H3,(H,17,19)(H,21,22).